The molecule has 1 atom stereocenters. The highest BCUT2D eigenvalue weighted by atomic mass is 35.5. The highest BCUT2D eigenvalue weighted by Crippen LogP contribution is 2.13. The molecule has 0 radical (unpaired) electrons. The van der Waals surface area contributed by atoms with Crippen LogP contribution in [0.5, 0.6) is 0 Å². The number of hydrogen-bond acceptors (Lipinski definition) is 3. The van der Waals surface area contributed by atoms with Crippen LogP contribution in [0.15, 0.2) is 24.3 Å². The van der Waals surface area contributed by atoms with Crippen molar-refractivity contribution in [2.24, 2.45) is 0 Å². The Kier molecular flexibility index (Phi) is 7.79. The van der Waals surface area contributed by atoms with Crippen LogP contribution in [0, 0.1) is 5.82 Å². The van der Waals surface area contributed by atoms with Crippen LogP contribution >= 0.6 is 12.4 Å². The molecule has 1 aromatic carbocycles. The van der Waals surface area contributed by atoms with Gasteiger partial charge in [-0.2, -0.15) is 0 Å². The summed E-state index contributed by atoms with van der Waals surface area (Å²) in [6.07, 6.45) is 0.410. The molecular weight excluding hydrogens is 307 g/mol. The Morgan fingerprint density at radius 3 is 2.86 bits per heavy atom. The molecule has 1 aliphatic heterocycles. The Morgan fingerprint density at radius 2 is 2.27 bits per heavy atom. The number of nitrogens with one attached hydrogen (secondary N) is 1. The fourth-order valence-corrected chi connectivity index (χ4v) is 2.47. The van der Waals surface area contributed by atoms with Crippen molar-refractivity contribution in [3.63, 3.8) is 0 Å². The van der Waals surface area contributed by atoms with Gasteiger partial charge in [0.15, 0.2) is 0 Å². The van der Waals surface area contributed by atoms with Gasteiger partial charge in [-0.15, -0.1) is 12.4 Å². The highest BCUT2D eigenvalue weighted by Gasteiger charge is 2.23. The Bertz CT molecular complexity index is 479. The first-order chi connectivity index (χ1) is 10.1. The van der Waals surface area contributed by atoms with Gasteiger partial charge in [0, 0.05) is 31.6 Å². The van der Waals surface area contributed by atoms with Crippen LogP contribution in [0.4, 0.5) is 4.39 Å². The molecule has 2 rings (SSSR count). The minimum Gasteiger partial charge on any atom is -0.378 e. The van der Waals surface area contributed by atoms with E-state index in [-0.39, 0.29) is 36.2 Å². The van der Waals surface area contributed by atoms with E-state index in [0.717, 1.165) is 12.1 Å². The average molecular weight is 331 g/mol. The molecule has 6 heteroatoms. The second-order valence-electron chi connectivity index (χ2n) is 5.68. The van der Waals surface area contributed by atoms with Gasteiger partial charge >= 0.3 is 0 Å². The maximum Gasteiger partial charge on any atom is 0.224 e. The number of morpholine rings is 1. The van der Waals surface area contributed by atoms with Crippen LogP contribution < -0.4 is 5.32 Å². The van der Waals surface area contributed by atoms with Crippen LogP contribution in [0.25, 0.3) is 0 Å². The summed E-state index contributed by atoms with van der Waals surface area (Å²) in [5, 5.41) is 3.28. The lowest BCUT2D eigenvalue weighted by Crippen LogP contribution is -2.46. The maximum absolute atomic E-state index is 13.3. The molecule has 1 amide bonds. The van der Waals surface area contributed by atoms with E-state index in [1.165, 1.54) is 12.1 Å². The van der Waals surface area contributed by atoms with Gasteiger partial charge in [0.2, 0.25) is 5.91 Å². The summed E-state index contributed by atoms with van der Waals surface area (Å²) in [6.45, 7) is 6.43. The summed E-state index contributed by atoms with van der Waals surface area (Å²) in [7, 11) is 0. The fraction of sp³-hybridized carbons (Fsp3) is 0.562. The predicted molar refractivity (Wildman–Crippen MR) is 86.6 cm³/mol. The lowest BCUT2D eigenvalue weighted by molar-refractivity contribution is -0.134. The second-order valence-corrected chi connectivity index (χ2v) is 5.68. The third-order valence-electron chi connectivity index (χ3n) is 3.61. The summed E-state index contributed by atoms with van der Waals surface area (Å²) < 4.78 is 18.6. The van der Waals surface area contributed by atoms with Crippen molar-refractivity contribution >= 4 is 18.3 Å². The smallest absolute Gasteiger partial charge is 0.224 e. The van der Waals surface area contributed by atoms with Crippen LogP contribution in [0.3, 0.4) is 0 Å². The number of carbonyl (C=O) groups is 1. The van der Waals surface area contributed by atoms with Gasteiger partial charge in [-0.25, -0.2) is 4.39 Å². The lowest BCUT2D eigenvalue weighted by Gasteiger charge is -2.30. The Morgan fingerprint density at radius 1 is 1.50 bits per heavy atom. The van der Waals surface area contributed by atoms with Gasteiger partial charge < -0.3 is 15.0 Å². The molecule has 0 bridgehead atoms. The minimum atomic E-state index is -0.272. The van der Waals surface area contributed by atoms with Crippen molar-refractivity contribution in [1.29, 1.82) is 0 Å². The van der Waals surface area contributed by atoms with Crippen molar-refractivity contribution < 1.29 is 13.9 Å². The predicted octanol–water partition coefficient (Wildman–Crippen LogP) is 2.36. The summed E-state index contributed by atoms with van der Waals surface area (Å²) >= 11 is 0. The Balaban J connectivity index is 0.00000242. The minimum absolute atomic E-state index is 0. The number of nitrogens with zero attached hydrogens (tertiary/aromatic N) is 1. The van der Waals surface area contributed by atoms with Crippen LogP contribution in [0.1, 0.15) is 25.8 Å². The first-order valence-electron chi connectivity index (χ1n) is 7.41. The molecule has 1 aliphatic rings. The molecule has 1 saturated heterocycles. The maximum atomic E-state index is 13.3. The third-order valence-corrected chi connectivity index (χ3v) is 3.61. The molecule has 22 heavy (non-hydrogen) atoms. The molecule has 1 heterocycles. The average Bonchev–Trinajstić information content (AvgIpc) is 2.45. The molecule has 124 valence electrons. The molecule has 0 saturated carbocycles. The van der Waals surface area contributed by atoms with Crippen molar-refractivity contribution in [3.8, 4) is 0 Å². The first-order valence-corrected chi connectivity index (χ1v) is 7.41. The molecule has 1 N–H and O–H groups in total. The van der Waals surface area contributed by atoms with E-state index >= 15 is 0 Å². The third kappa shape index (κ3) is 5.55. The zero-order valence-electron chi connectivity index (χ0n) is 13.0. The summed E-state index contributed by atoms with van der Waals surface area (Å²) in [5.74, 6) is -0.205. The van der Waals surface area contributed by atoms with Crippen molar-refractivity contribution in [1.82, 2.24) is 10.2 Å². The van der Waals surface area contributed by atoms with Gasteiger partial charge in [0.1, 0.15) is 5.82 Å². The highest BCUT2D eigenvalue weighted by molar-refractivity contribution is 5.85. The molecule has 1 fully saturated rings. The van der Waals surface area contributed by atoms with Crippen LogP contribution in [-0.2, 0) is 16.1 Å². The van der Waals surface area contributed by atoms with Gasteiger partial charge in [0.25, 0.3) is 0 Å². The molecule has 4 nitrogen and oxygen atoms in total. The number of halogens is 2. The van der Waals surface area contributed by atoms with Crippen LogP contribution in [-0.4, -0.2) is 42.6 Å². The van der Waals surface area contributed by atoms with E-state index in [2.05, 4.69) is 5.32 Å². The topological polar surface area (TPSA) is 41.6 Å². The number of carbonyl (C=O) groups excluding carboxylic acids is 1. The molecule has 0 aromatic heterocycles. The number of amides is 1. The first kappa shape index (κ1) is 18.9. The standard InChI is InChI=1S/C16H23FN2O2.ClH/c1-12(2)19(10-13-4-3-5-14(17)8-13)16(20)9-15-11-21-7-6-18-15;/h3-5,8,12,15,18H,6-7,9-11H2,1-2H3;1H. The number of rotatable bonds is 5. The van der Waals surface area contributed by atoms with E-state index in [4.69, 9.17) is 4.74 Å². The molecular formula is C16H24ClFN2O2. The van der Waals surface area contributed by atoms with Crippen LogP contribution in [0.2, 0.25) is 0 Å². The van der Waals surface area contributed by atoms with Gasteiger partial charge in [-0.05, 0) is 31.5 Å². The molecule has 0 spiro atoms. The lowest BCUT2D eigenvalue weighted by atomic mass is 10.1. The van der Waals surface area contributed by atoms with E-state index in [1.807, 2.05) is 19.9 Å². The summed E-state index contributed by atoms with van der Waals surface area (Å²) in [5.41, 5.74) is 0.810. The quantitative estimate of drug-likeness (QED) is 0.901. The zero-order chi connectivity index (χ0) is 15.2. The van der Waals surface area contributed by atoms with Crippen molar-refractivity contribution in [2.45, 2.75) is 38.9 Å². The number of ether oxygens (including phenoxy) is 1. The van der Waals surface area contributed by atoms with Gasteiger partial charge in [-0.3, -0.25) is 4.79 Å². The van der Waals surface area contributed by atoms with E-state index < -0.39 is 0 Å². The summed E-state index contributed by atoms with van der Waals surface area (Å²) in [4.78, 5) is 14.3. The van der Waals surface area contributed by atoms with E-state index in [0.29, 0.717) is 26.2 Å². The largest absolute Gasteiger partial charge is 0.378 e. The van der Waals surface area contributed by atoms with Gasteiger partial charge in [-0.1, -0.05) is 12.1 Å². The SMILES string of the molecule is CC(C)N(Cc1cccc(F)c1)C(=O)CC1COCCN1.Cl. The fourth-order valence-electron chi connectivity index (χ4n) is 2.47. The zero-order valence-corrected chi connectivity index (χ0v) is 13.9. The van der Waals surface area contributed by atoms with E-state index in [1.54, 1.807) is 11.0 Å². The van der Waals surface area contributed by atoms with Crippen molar-refractivity contribution in [2.75, 3.05) is 19.8 Å². The Labute approximate surface area is 137 Å². The Hall–Kier alpha value is -1.17. The van der Waals surface area contributed by atoms with E-state index in [9.17, 15) is 9.18 Å². The number of benzene rings is 1. The monoisotopic (exact) mass is 330 g/mol. The summed E-state index contributed by atoms with van der Waals surface area (Å²) in [6, 6.07) is 6.54. The molecule has 0 aliphatic carbocycles. The normalized spacial score (nSPS) is 17.9. The molecule has 1 aromatic rings. The number of hydrogen-bond donors (Lipinski definition) is 1. The van der Waals surface area contributed by atoms with Gasteiger partial charge in [0.05, 0.1) is 13.2 Å². The van der Waals surface area contributed by atoms with Crippen molar-refractivity contribution in [3.05, 3.63) is 35.6 Å². The molecule has 1 unspecified atom stereocenters. The second kappa shape index (κ2) is 9.08.